The average molecular weight is 298 g/mol. The molecule has 0 aliphatic carbocycles. The van der Waals surface area contributed by atoms with Crippen LogP contribution in [0.3, 0.4) is 0 Å². The van der Waals surface area contributed by atoms with Gasteiger partial charge in [-0.2, -0.15) is 13.2 Å². The summed E-state index contributed by atoms with van der Waals surface area (Å²) in [6, 6.07) is 4.86. The van der Waals surface area contributed by atoms with E-state index in [0.717, 1.165) is 5.69 Å². The van der Waals surface area contributed by atoms with Crippen molar-refractivity contribution in [3.63, 3.8) is 0 Å². The molecule has 7 heteroatoms. The van der Waals surface area contributed by atoms with E-state index in [2.05, 4.69) is 5.32 Å². The number of hydrogen-bond donors (Lipinski definition) is 1. The monoisotopic (exact) mass is 298 g/mol. The molecule has 1 fully saturated rings. The number of alkyl halides is 3. The zero-order valence-corrected chi connectivity index (χ0v) is 11.0. The molecule has 3 rings (SSSR count). The topological polar surface area (TPSA) is 49.4 Å². The quantitative estimate of drug-likeness (QED) is 0.811. The number of carbonyl (C=O) groups excluding carboxylic acids is 2. The number of hydrogen-bond acceptors (Lipinski definition) is 3. The number of nitrogens with one attached hydrogen (secondary N) is 1. The Morgan fingerprint density at radius 2 is 1.81 bits per heavy atom. The predicted molar refractivity (Wildman–Crippen MR) is 70.4 cm³/mol. The van der Waals surface area contributed by atoms with Gasteiger partial charge in [-0.15, -0.1) is 0 Å². The summed E-state index contributed by atoms with van der Waals surface area (Å²) < 4.78 is 37.9. The van der Waals surface area contributed by atoms with E-state index in [1.807, 2.05) is 4.90 Å². The van der Waals surface area contributed by atoms with Crippen LogP contribution in [0.4, 0.5) is 24.5 Å². The van der Waals surface area contributed by atoms with Crippen molar-refractivity contribution >= 4 is 23.1 Å². The third-order valence-electron chi connectivity index (χ3n) is 4.03. The van der Waals surface area contributed by atoms with Gasteiger partial charge in [0.15, 0.2) is 0 Å². The van der Waals surface area contributed by atoms with Crippen LogP contribution in [0.2, 0.25) is 0 Å². The number of anilines is 2. The number of fused-ring (bicyclic) bond motifs is 1. The Morgan fingerprint density at radius 1 is 1.14 bits per heavy atom. The van der Waals surface area contributed by atoms with Gasteiger partial charge < -0.3 is 10.2 Å². The summed E-state index contributed by atoms with van der Waals surface area (Å²) in [5.74, 6) is -2.49. The molecule has 0 atom stereocenters. The van der Waals surface area contributed by atoms with Gasteiger partial charge in [0.25, 0.3) is 11.7 Å². The fraction of sp³-hybridized carbons (Fsp3) is 0.429. The lowest BCUT2D eigenvalue weighted by atomic mass is 9.96. The minimum atomic E-state index is -4.13. The summed E-state index contributed by atoms with van der Waals surface area (Å²) in [5, 5.41) is 2.46. The summed E-state index contributed by atoms with van der Waals surface area (Å²) in [4.78, 5) is 24.6. The van der Waals surface area contributed by atoms with Crippen molar-refractivity contribution in [3.8, 4) is 0 Å². The zero-order valence-electron chi connectivity index (χ0n) is 11.0. The van der Waals surface area contributed by atoms with Gasteiger partial charge in [-0.3, -0.25) is 9.59 Å². The van der Waals surface area contributed by atoms with E-state index in [-0.39, 0.29) is 12.8 Å². The number of carbonyl (C=O) groups is 2. The van der Waals surface area contributed by atoms with Crippen LogP contribution in [0, 0.1) is 5.92 Å². The van der Waals surface area contributed by atoms with Crippen molar-refractivity contribution in [3.05, 3.63) is 23.8 Å². The number of halogens is 3. The number of rotatable bonds is 1. The lowest BCUT2D eigenvalue weighted by molar-refractivity contribution is -0.179. The standard InChI is InChI=1S/C14H13F3N2O2/c15-14(16,17)8-3-5-19(6-4-8)9-1-2-10-11(7-9)18-13(21)12(10)20/h1-2,7-8H,3-6H2,(H,18,20,21). The molecule has 0 spiro atoms. The molecule has 21 heavy (non-hydrogen) atoms. The third-order valence-corrected chi connectivity index (χ3v) is 4.03. The van der Waals surface area contributed by atoms with Gasteiger partial charge in [0.2, 0.25) is 0 Å². The molecule has 0 radical (unpaired) electrons. The number of nitrogens with zero attached hydrogens (tertiary/aromatic N) is 1. The van der Waals surface area contributed by atoms with Crippen molar-refractivity contribution < 1.29 is 22.8 Å². The molecule has 2 heterocycles. The lowest BCUT2D eigenvalue weighted by Crippen LogP contribution is -2.39. The van der Waals surface area contributed by atoms with Gasteiger partial charge in [0, 0.05) is 18.8 Å². The van der Waals surface area contributed by atoms with Crippen LogP contribution in [-0.4, -0.2) is 31.0 Å². The number of ketones is 1. The molecule has 4 nitrogen and oxygen atoms in total. The summed E-state index contributed by atoms with van der Waals surface area (Å²) in [5.41, 5.74) is 1.47. The predicted octanol–water partition coefficient (Wildman–Crippen LogP) is 2.60. The molecule has 2 aliphatic heterocycles. The Kier molecular flexibility index (Phi) is 3.15. The largest absolute Gasteiger partial charge is 0.391 e. The lowest BCUT2D eigenvalue weighted by Gasteiger charge is -2.34. The molecule has 1 amide bonds. The van der Waals surface area contributed by atoms with Gasteiger partial charge in [-0.25, -0.2) is 0 Å². The normalized spacial score (nSPS) is 19.7. The Bertz CT molecular complexity index is 605. The number of piperidine rings is 1. The molecule has 0 bridgehead atoms. The first-order valence-electron chi connectivity index (χ1n) is 6.67. The Balaban J connectivity index is 1.74. The molecule has 0 saturated carbocycles. The van der Waals surface area contributed by atoms with Crippen LogP contribution >= 0.6 is 0 Å². The highest BCUT2D eigenvalue weighted by atomic mass is 19.4. The minimum Gasteiger partial charge on any atom is -0.371 e. The Hall–Kier alpha value is -2.05. The van der Waals surface area contributed by atoms with E-state index >= 15 is 0 Å². The number of benzene rings is 1. The molecule has 112 valence electrons. The van der Waals surface area contributed by atoms with Gasteiger partial charge in [-0.1, -0.05) is 0 Å². The first-order chi connectivity index (χ1) is 9.86. The van der Waals surface area contributed by atoms with Gasteiger partial charge >= 0.3 is 6.18 Å². The van der Waals surface area contributed by atoms with Crippen LogP contribution < -0.4 is 10.2 Å². The van der Waals surface area contributed by atoms with E-state index in [1.165, 1.54) is 0 Å². The van der Waals surface area contributed by atoms with Crippen molar-refractivity contribution in [2.75, 3.05) is 23.3 Å². The molecule has 1 saturated heterocycles. The van der Waals surface area contributed by atoms with Gasteiger partial charge in [-0.05, 0) is 31.0 Å². The molecule has 1 N–H and O–H groups in total. The first-order valence-corrected chi connectivity index (χ1v) is 6.67. The second-order valence-electron chi connectivity index (χ2n) is 5.32. The fourth-order valence-corrected chi connectivity index (χ4v) is 2.80. The SMILES string of the molecule is O=C1Nc2cc(N3CCC(C(F)(F)F)CC3)ccc2C1=O. The maximum atomic E-state index is 12.6. The summed E-state index contributed by atoms with van der Waals surface area (Å²) >= 11 is 0. The van der Waals surface area contributed by atoms with Gasteiger partial charge in [0.1, 0.15) is 0 Å². The highest BCUT2D eigenvalue weighted by molar-refractivity contribution is 6.51. The van der Waals surface area contributed by atoms with Gasteiger partial charge in [0.05, 0.1) is 17.2 Å². The van der Waals surface area contributed by atoms with Crippen molar-refractivity contribution in [1.82, 2.24) is 0 Å². The van der Waals surface area contributed by atoms with Crippen molar-refractivity contribution in [2.24, 2.45) is 5.92 Å². The van der Waals surface area contributed by atoms with Crippen LogP contribution in [0.25, 0.3) is 0 Å². The summed E-state index contributed by atoms with van der Waals surface area (Å²) in [6.45, 7) is 0.621. The molecular formula is C14H13F3N2O2. The van der Waals surface area contributed by atoms with E-state index in [4.69, 9.17) is 0 Å². The zero-order chi connectivity index (χ0) is 15.2. The molecular weight excluding hydrogens is 285 g/mol. The average Bonchev–Trinajstić information content (AvgIpc) is 2.73. The maximum absolute atomic E-state index is 12.6. The third kappa shape index (κ3) is 2.48. The molecule has 1 aromatic rings. The molecule has 1 aromatic carbocycles. The molecule has 0 aromatic heterocycles. The van der Waals surface area contributed by atoms with Crippen LogP contribution in [0.1, 0.15) is 23.2 Å². The second kappa shape index (κ2) is 4.75. The van der Waals surface area contributed by atoms with Crippen molar-refractivity contribution in [1.29, 1.82) is 0 Å². The van der Waals surface area contributed by atoms with E-state index in [0.29, 0.717) is 24.3 Å². The minimum absolute atomic E-state index is 0.0614. The van der Waals surface area contributed by atoms with Crippen LogP contribution in [0.15, 0.2) is 18.2 Å². The summed E-state index contributed by atoms with van der Waals surface area (Å²) in [7, 11) is 0. The van der Waals surface area contributed by atoms with E-state index in [1.54, 1.807) is 18.2 Å². The first kappa shape index (κ1) is 13.9. The molecule has 0 unspecified atom stereocenters. The van der Waals surface area contributed by atoms with E-state index < -0.39 is 23.8 Å². The Morgan fingerprint density at radius 3 is 2.43 bits per heavy atom. The fourth-order valence-electron chi connectivity index (χ4n) is 2.80. The highest BCUT2D eigenvalue weighted by Crippen LogP contribution is 2.36. The second-order valence-corrected chi connectivity index (χ2v) is 5.32. The van der Waals surface area contributed by atoms with E-state index in [9.17, 15) is 22.8 Å². The maximum Gasteiger partial charge on any atom is 0.391 e. The Labute approximate surface area is 118 Å². The van der Waals surface area contributed by atoms with Crippen LogP contribution in [0.5, 0.6) is 0 Å². The smallest absolute Gasteiger partial charge is 0.371 e. The molecule has 2 aliphatic rings. The number of Topliss-reactive ketones (excluding diaryl/α,β-unsaturated/α-hetero) is 1. The van der Waals surface area contributed by atoms with Crippen LogP contribution in [-0.2, 0) is 4.79 Å². The highest BCUT2D eigenvalue weighted by Gasteiger charge is 2.41. The number of amides is 1. The summed E-state index contributed by atoms with van der Waals surface area (Å²) in [6.07, 6.45) is -4.01. The van der Waals surface area contributed by atoms with Crippen molar-refractivity contribution in [2.45, 2.75) is 19.0 Å².